The van der Waals surface area contributed by atoms with Crippen LogP contribution in [0.25, 0.3) is 0 Å². The Labute approximate surface area is 192 Å². The van der Waals surface area contributed by atoms with Gasteiger partial charge in [-0.1, -0.05) is 0 Å². The highest BCUT2D eigenvalue weighted by atomic mass is 32.2. The number of hydrogen-bond acceptors (Lipinski definition) is 9. The first-order valence-electron chi connectivity index (χ1n) is 10.1. The molecule has 0 spiro atoms. The van der Waals surface area contributed by atoms with E-state index in [-0.39, 0.29) is 40.9 Å². The molecular formula is C21H28N2O9S. The van der Waals surface area contributed by atoms with Gasteiger partial charge in [0.2, 0.25) is 18.0 Å². The van der Waals surface area contributed by atoms with E-state index in [1.807, 2.05) is 0 Å². The molecule has 1 heterocycles. The van der Waals surface area contributed by atoms with Crippen LogP contribution in [0.5, 0.6) is 11.6 Å². The van der Waals surface area contributed by atoms with Gasteiger partial charge < -0.3 is 24.1 Å². The topological polar surface area (TPSA) is 143 Å². The van der Waals surface area contributed by atoms with Gasteiger partial charge in [-0.15, -0.1) is 0 Å². The molecule has 0 aliphatic carbocycles. The number of hydrogen-bond donors (Lipinski definition) is 1. The molecule has 12 heteroatoms. The number of rotatable bonds is 11. The van der Waals surface area contributed by atoms with Crippen molar-refractivity contribution in [1.29, 1.82) is 0 Å². The molecular weight excluding hydrogens is 456 g/mol. The van der Waals surface area contributed by atoms with E-state index < -0.39 is 28.1 Å². The van der Waals surface area contributed by atoms with E-state index in [0.29, 0.717) is 17.8 Å². The Kier molecular flexibility index (Phi) is 8.45. The molecule has 0 radical (unpaired) electrons. The van der Waals surface area contributed by atoms with Crippen LogP contribution in [0.1, 0.15) is 41.0 Å². The molecule has 0 aliphatic heterocycles. The Balaban J connectivity index is 2.60. The monoisotopic (exact) mass is 484 g/mol. The molecule has 33 heavy (non-hydrogen) atoms. The van der Waals surface area contributed by atoms with Crippen molar-refractivity contribution in [2.45, 2.75) is 45.4 Å². The third-order valence-corrected chi connectivity index (χ3v) is 5.82. The first kappa shape index (κ1) is 26.1. The summed E-state index contributed by atoms with van der Waals surface area (Å²) >= 11 is 0. The lowest BCUT2D eigenvalue weighted by molar-refractivity contribution is -0.0451. The number of carboxylic acid groups (broad SMARTS) is 1. The molecule has 1 aromatic heterocycles. The average molecular weight is 485 g/mol. The van der Waals surface area contributed by atoms with Crippen molar-refractivity contribution in [3.8, 4) is 11.6 Å². The second-order valence-corrected chi connectivity index (χ2v) is 9.14. The van der Waals surface area contributed by atoms with Crippen LogP contribution in [0.15, 0.2) is 17.0 Å². The van der Waals surface area contributed by atoms with E-state index in [9.17, 15) is 18.0 Å². The number of aryl methyl sites for hydroxylation is 2. The van der Waals surface area contributed by atoms with E-state index in [4.69, 9.17) is 19.3 Å². The average Bonchev–Trinajstić information content (AvgIpc) is 3.02. The highest BCUT2D eigenvalue weighted by molar-refractivity contribution is 7.90. The van der Waals surface area contributed by atoms with Crippen molar-refractivity contribution in [3.05, 3.63) is 34.5 Å². The Bertz CT molecular complexity index is 1140. The largest absolute Gasteiger partial charge is 0.508 e. The van der Waals surface area contributed by atoms with Crippen LogP contribution in [0.4, 0.5) is 4.79 Å². The summed E-state index contributed by atoms with van der Waals surface area (Å²) in [6.07, 6.45) is -1.67. The third kappa shape index (κ3) is 6.02. The standard InChI is InChI=1S/C21H28N2O9S/c1-7-23-20(31-14(4)32-21(25)26)17(13(3)22-23)18(24)15-8-9-16(33(6,27)28)19(12(15)2)30-11-10-29-5/h8-9,14H,7,10-11H2,1-6H3,(H,25,26). The molecule has 11 nitrogen and oxygen atoms in total. The minimum absolute atomic E-state index is 0.0437. The first-order chi connectivity index (χ1) is 15.4. The number of sulfone groups is 1. The molecule has 1 N–H and O–H groups in total. The second-order valence-electron chi connectivity index (χ2n) is 7.16. The number of ketones is 1. The van der Waals surface area contributed by atoms with E-state index in [1.54, 1.807) is 20.8 Å². The van der Waals surface area contributed by atoms with Crippen LogP contribution in [-0.4, -0.2) is 68.1 Å². The van der Waals surface area contributed by atoms with Crippen LogP contribution >= 0.6 is 0 Å². The zero-order valence-corrected chi connectivity index (χ0v) is 20.2. The number of carbonyl (C=O) groups excluding carboxylic acids is 1. The van der Waals surface area contributed by atoms with Gasteiger partial charge in [-0.05, 0) is 32.9 Å². The van der Waals surface area contributed by atoms with Crippen molar-refractivity contribution >= 4 is 21.8 Å². The maximum atomic E-state index is 13.6. The summed E-state index contributed by atoms with van der Waals surface area (Å²) in [7, 11) is -2.15. The van der Waals surface area contributed by atoms with Gasteiger partial charge in [-0.2, -0.15) is 5.10 Å². The number of ether oxygens (including phenoxy) is 4. The highest BCUT2D eigenvalue weighted by Crippen LogP contribution is 2.34. The quantitative estimate of drug-likeness (QED) is 0.219. The fourth-order valence-electron chi connectivity index (χ4n) is 3.22. The third-order valence-electron chi connectivity index (χ3n) is 4.70. The lowest BCUT2D eigenvalue weighted by atomic mass is 9.98. The van der Waals surface area contributed by atoms with Gasteiger partial charge in [0.15, 0.2) is 9.84 Å². The van der Waals surface area contributed by atoms with Gasteiger partial charge in [0, 0.05) is 38.0 Å². The fourth-order valence-corrected chi connectivity index (χ4v) is 4.09. The lowest BCUT2D eigenvalue weighted by Gasteiger charge is -2.17. The van der Waals surface area contributed by atoms with Crippen molar-refractivity contribution in [2.75, 3.05) is 26.6 Å². The smallest absolute Gasteiger partial charge is 0.490 e. The van der Waals surface area contributed by atoms with Gasteiger partial charge in [0.1, 0.15) is 22.8 Å². The van der Waals surface area contributed by atoms with E-state index in [0.717, 1.165) is 6.26 Å². The summed E-state index contributed by atoms with van der Waals surface area (Å²) < 4.78 is 46.8. The van der Waals surface area contributed by atoms with Crippen molar-refractivity contribution in [2.24, 2.45) is 0 Å². The minimum atomic E-state index is -3.63. The molecule has 0 saturated carbocycles. The summed E-state index contributed by atoms with van der Waals surface area (Å²) in [5, 5.41) is 13.1. The van der Waals surface area contributed by atoms with Crippen LogP contribution in [0.3, 0.4) is 0 Å². The van der Waals surface area contributed by atoms with Gasteiger partial charge in [0.25, 0.3) is 0 Å². The zero-order chi connectivity index (χ0) is 24.9. The van der Waals surface area contributed by atoms with Gasteiger partial charge in [-0.3, -0.25) is 4.79 Å². The first-order valence-corrected chi connectivity index (χ1v) is 11.9. The Hall–Kier alpha value is -3.12. The number of carbonyl (C=O) groups is 2. The van der Waals surface area contributed by atoms with Crippen molar-refractivity contribution in [3.63, 3.8) is 0 Å². The highest BCUT2D eigenvalue weighted by Gasteiger charge is 2.29. The Morgan fingerprint density at radius 2 is 1.88 bits per heavy atom. The molecule has 1 aromatic carbocycles. The van der Waals surface area contributed by atoms with Crippen molar-refractivity contribution in [1.82, 2.24) is 9.78 Å². The summed E-state index contributed by atoms with van der Waals surface area (Å²) in [4.78, 5) is 24.4. The summed E-state index contributed by atoms with van der Waals surface area (Å²) in [5.41, 5.74) is 0.970. The molecule has 2 rings (SSSR count). The van der Waals surface area contributed by atoms with E-state index in [1.165, 1.54) is 30.8 Å². The van der Waals surface area contributed by atoms with Gasteiger partial charge in [-0.25, -0.2) is 17.9 Å². The molecule has 0 saturated heterocycles. The molecule has 0 aliphatic rings. The van der Waals surface area contributed by atoms with Crippen LogP contribution < -0.4 is 9.47 Å². The predicted molar refractivity (Wildman–Crippen MR) is 117 cm³/mol. The maximum Gasteiger partial charge on any atom is 0.508 e. The SMILES string of the molecule is CCn1nc(C)c(C(=O)c2ccc(S(C)(=O)=O)c(OCCOC)c2C)c1OC(C)OC(=O)O. The van der Waals surface area contributed by atoms with Crippen LogP contribution in [0.2, 0.25) is 0 Å². The summed E-state index contributed by atoms with van der Waals surface area (Å²) in [5.74, 6) is -0.382. The molecule has 182 valence electrons. The normalized spacial score (nSPS) is 12.3. The zero-order valence-electron chi connectivity index (χ0n) is 19.4. The summed E-state index contributed by atoms with van der Waals surface area (Å²) in [6, 6.07) is 2.72. The number of nitrogens with zero attached hydrogens (tertiary/aromatic N) is 2. The molecule has 1 atom stereocenters. The van der Waals surface area contributed by atoms with Crippen LogP contribution in [-0.2, 0) is 25.9 Å². The molecule has 2 aromatic rings. The van der Waals surface area contributed by atoms with Crippen LogP contribution in [0, 0.1) is 13.8 Å². The predicted octanol–water partition coefficient (Wildman–Crippen LogP) is 2.60. The second kappa shape index (κ2) is 10.7. The number of aromatic nitrogens is 2. The number of benzene rings is 1. The lowest BCUT2D eigenvalue weighted by Crippen LogP contribution is -2.22. The van der Waals surface area contributed by atoms with E-state index >= 15 is 0 Å². The summed E-state index contributed by atoms with van der Waals surface area (Å²) in [6.45, 7) is 7.01. The molecule has 0 fully saturated rings. The molecule has 1 unspecified atom stereocenters. The van der Waals surface area contributed by atoms with E-state index in [2.05, 4.69) is 9.84 Å². The van der Waals surface area contributed by atoms with Gasteiger partial charge >= 0.3 is 6.16 Å². The fraction of sp³-hybridized carbons (Fsp3) is 0.476. The Morgan fingerprint density at radius 1 is 1.21 bits per heavy atom. The van der Waals surface area contributed by atoms with Crippen molar-refractivity contribution < 1.29 is 42.1 Å². The van der Waals surface area contributed by atoms with Gasteiger partial charge in [0.05, 0.1) is 12.3 Å². The molecule has 0 bridgehead atoms. The minimum Gasteiger partial charge on any atom is -0.490 e. The Morgan fingerprint density at radius 3 is 2.42 bits per heavy atom. The molecule has 0 amide bonds. The maximum absolute atomic E-state index is 13.6. The number of methoxy groups -OCH3 is 1.